The molecular weight excluding hydrogens is 404 g/mol. The standard InChI is InChI=1S/C26H46O4Si/c1-10-28-19-15-14-18(26(6,7)27)22-23(19)21-16-17(2)12-11-13-20(24(22)29-21)30-31(8,9)25(3,4)5/h12,18,20-22,24,27H,10-11,13-16H2,1-9H3/b17-12+/t18-,20-,21+,22+,24-/m0/s1. The number of allylic oxidation sites excluding steroid dienone is 2. The molecule has 0 saturated carbocycles. The SMILES string of the molecule is CCOC1=C2[C@H]([C@H]3O[C@@H]2C/C(C)=C/CC[C@@H]3O[Si](C)(C)C(C)(C)C)[C@@H](C(C)(C)O)CC1. The van der Waals surface area contributed by atoms with Crippen LogP contribution in [0.3, 0.4) is 0 Å². The zero-order chi connectivity index (χ0) is 23.2. The molecule has 0 aromatic heterocycles. The average Bonchev–Trinajstić information content (AvgIpc) is 3.01. The normalized spacial score (nSPS) is 34.4. The lowest BCUT2D eigenvalue weighted by molar-refractivity contribution is -0.0788. The molecule has 0 radical (unpaired) electrons. The van der Waals surface area contributed by atoms with Crippen LogP contribution in [0.15, 0.2) is 23.0 Å². The van der Waals surface area contributed by atoms with Crippen molar-refractivity contribution in [3.05, 3.63) is 23.0 Å². The van der Waals surface area contributed by atoms with Gasteiger partial charge < -0.3 is 19.0 Å². The maximum atomic E-state index is 11.2. The summed E-state index contributed by atoms with van der Waals surface area (Å²) in [6, 6.07) is 0. The Kier molecular flexibility index (Phi) is 7.23. The second kappa shape index (κ2) is 8.96. The first-order valence-corrected chi connectivity index (χ1v) is 15.2. The number of ether oxygens (including phenoxy) is 2. The molecule has 0 amide bonds. The van der Waals surface area contributed by atoms with Gasteiger partial charge in [0, 0.05) is 17.9 Å². The van der Waals surface area contributed by atoms with Crippen molar-refractivity contribution in [1.29, 1.82) is 0 Å². The first-order valence-electron chi connectivity index (χ1n) is 12.3. The highest BCUT2D eigenvalue weighted by atomic mass is 28.4. The highest BCUT2D eigenvalue weighted by Crippen LogP contribution is 2.53. The molecule has 2 heterocycles. The van der Waals surface area contributed by atoms with Crippen LogP contribution in [-0.4, -0.2) is 43.9 Å². The second-order valence-corrected chi connectivity index (χ2v) is 16.7. The van der Waals surface area contributed by atoms with E-state index in [0.29, 0.717) is 6.61 Å². The van der Waals surface area contributed by atoms with Crippen LogP contribution in [0.5, 0.6) is 0 Å². The van der Waals surface area contributed by atoms with Crippen molar-refractivity contribution >= 4 is 8.32 Å². The first kappa shape index (κ1) is 25.0. The topological polar surface area (TPSA) is 47.9 Å². The molecule has 4 nitrogen and oxygen atoms in total. The second-order valence-electron chi connectivity index (χ2n) is 12.0. The summed E-state index contributed by atoms with van der Waals surface area (Å²) >= 11 is 0. The summed E-state index contributed by atoms with van der Waals surface area (Å²) in [7, 11) is -1.97. The molecule has 1 fully saturated rings. The molecule has 3 rings (SSSR count). The number of aliphatic hydroxyl groups is 1. The lowest BCUT2D eigenvalue weighted by atomic mass is 9.66. The van der Waals surface area contributed by atoms with Gasteiger partial charge in [-0.05, 0) is 77.4 Å². The zero-order valence-electron chi connectivity index (χ0n) is 21.4. The average molecular weight is 451 g/mol. The van der Waals surface area contributed by atoms with E-state index in [9.17, 15) is 5.11 Å². The quantitative estimate of drug-likeness (QED) is 0.391. The molecule has 1 saturated heterocycles. The van der Waals surface area contributed by atoms with Gasteiger partial charge in [-0.1, -0.05) is 32.4 Å². The third-order valence-corrected chi connectivity index (χ3v) is 12.6. The van der Waals surface area contributed by atoms with Crippen molar-refractivity contribution in [1.82, 2.24) is 0 Å². The third kappa shape index (κ3) is 5.15. The van der Waals surface area contributed by atoms with Crippen LogP contribution in [0, 0.1) is 11.8 Å². The Hall–Kier alpha value is -0.623. The zero-order valence-corrected chi connectivity index (χ0v) is 22.4. The Bertz CT molecular complexity index is 710. The molecular formula is C26H46O4Si. The van der Waals surface area contributed by atoms with Gasteiger partial charge in [-0.2, -0.15) is 0 Å². The molecule has 1 aliphatic carbocycles. The van der Waals surface area contributed by atoms with Gasteiger partial charge in [-0.25, -0.2) is 0 Å². The summed E-state index contributed by atoms with van der Waals surface area (Å²) in [5.41, 5.74) is 1.93. The number of fused-ring (bicyclic) bond motifs is 5. The maximum Gasteiger partial charge on any atom is 0.192 e. The Morgan fingerprint density at radius 2 is 1.84 bits per heavy atom. The fourth-order valence-electron chi connectivity index (χ4n) is 5.48. The van der Waals surface area contributed by atoms with E-state index in [4.69, 9.17) is 13.9 Å². The molecule has 0 spiro atoms. The molecule has 1 N–H and O–H groups in total. The predicted molar refractivity (Wildman–Crippen MR) is 130 cm³/mol. The molecule has 5 heteroatoms. The Morgan fingerprint density at radius 3 is 2.42 bits per heavy atom. The lowest BCUT2D eigenvalue weighted by Gasteiger charge is -2.45. The summed E-state index contributed by atoms with van der Waals surface area (Å²) < 4.78 is 20.1. The monoisotopic (exact) mass is 450 g/mol. The van der Waals surface area contributed by atoms with E-state index in [-0.39, 0.29) is 35.2 Å². The van der Waals surface area contributed by atoms with Gasteiger partial charge in [-0.15, -0.1) is 0 Å². The first-order chi connectivity index (χ1) is 14.3. The van der Waals surface area contributed by atoms with Crippen LogP contribution in [0.2, 0.25) is 18.1 Å². The minimum atomic E-state index is -1.97. The van der Waals surface area contributed by atoms with Crippen LogP contribution in [0.1, 0.15) is 80.6 Å². The summed E-state index contributed by atoms with van der Waals surface area (Å²) in [6.07, 6.45) is 7.13. The Labute approximate surface area is 191 Å². The van der Waals surface area contributed by atoms with Gasteiger partial charge in [0.1, 0.15) is 0 Å². The van der Waals surface area contributed by atoms with Crippen molar-refractivity contribution in [2.45, 2.75) is 123 Å². The summed E-state index contributed by atoms with van der Waals surface area (Å²) in [5, 5.41) is 11.3. The maximum absolute atomic E-state index is 11.2. The molecule has 178 valence electrons. The summed E-state index contributed by atoms with van der Waals surface area (Å²) in [4.78, 5) is 0. The van der Waals surface area contributed by atoms with Crippen molar-refractivity contribution in [3.8, 4) is 0 Å². The molecule has 2 bridgehead atoms. The van der Waals surface area contributed by atoms with Gasteiger partial charge in [-0.3, -0.25) is 0 Å². The van der Waals surface area contributed by atoms with Gasteiger partial charge >= 0.3 is 0 Å². The van der Waals surface area contributed by atoms with Crippen molar-refractivity contribution in [2.75, 3.05) is 6.61 Å². The van der Waals surface area contributed by atoms with Crippen LogP contribution in [0.25, 0.3) is 0 Å². The van der Waals surface area contributed by atoms with E-state index >= 15 is 0 Å². The van der Waals surface area contributed by atoms with E-state index in [1.165, 1.54) is 11.1 Å². The highest BCUT2D eigenvalue weighted by Gasteiger charge is 2.55. The summed E-state index contributed by atoms with van der Waals surface area (Å²) in [5.74, 6) is 1.41. The molecule has 0 aromatic rings. The van der Waals surface area contributed by atoms with Gasteiger partial charge in [0.05, 0.1) is 36.3 Å². The molecule has 2 aliphatic heterocycles. The number of rotatable bonds is 5. The van der Waals surface area contributed by atoms with Gasteiger partial charge in [0.2, 0.25) is 0 Å². The molecule has 31 heavy (non-hydrogen) atoms. The van der Waals surface area contributed by atoms with E-state index in [0.717, 1.165) is 37.9 Å². The van der Waals surface area contributed by atoms with E-state index in [1.54, 1.807) is 0 Å². The smallest absolute Gasteiger partial charge is 0.192 e. The van der Waals surface area contributed by atoms with Gasteiger partial charge in [0.25, 0.3) is 0 Å². The fraction of sp³-hybridized carbons (Fsp3) is 0.846. The van der Waals surface area contributed by atoms with Crippen LogP contribution in [-0.2, 0) is 13.9 Å². The van der Waals surface area contributed by atoms with Crippen molar-refractivity contribution in [3.63, 3.8) is 0 Å². The third-order valence-electron chi connectivity index (χ3n) is 8.12. The van der Waals surface area contributed by atoms with E-state index < -0.39 is 13.9 Å². The van der Waals surface area contributed by atoms with Gasteiger partial charge in [0.15, 0.2) is 8.32 Å². The number of hydrogen-bond donors (Lipinski definition) is 1. The van der Waals surface area contributed by atoms with Crippen LogP contribution >= 0.6 is 0 Å². The Balaban J connectivity index is 2.08. The van der Waals surface area contributed by atoms with Crippen molar-refractivity contribution < 1.29 is 19.0 Å². The van der Waals surface area contributed by atoms with Crippen molar-refractivity contribution in [2.24, 2.45) is 11.8 Å². The molecule has 0 unspecified atom stereocenters. The van der Waals surface area contributed by atoms with E-state index in [2.05, 4.69) is 53.8 Å². The van der Waals surface area contributed by atoms with Crippen LogP contribution in [0.4, 0.5) is 0 Å². The molecule has 3 aliphatic rings. The van der Waals surface area contributed by atoms with Crippen LogP contribution < -0.4 is 0 Å². The fourth-order valence-corrected chi connectivity index (χ4v) is 6.84. The lowest BCUT2D eigenvalue weighted by Crippen LogP contribution is -2.51. The number of hydrogen-bond acceptors (Lipinski definition) is 4. The largest absolute Gasteiger partial charge is 0.498 e. The summed E-state index contributed by atoms with van der Waals surface area (Å²) in [6.45, 7) is 20.5. The highest BCUT2D eigenvalue weighted by molar-refractivity contribution is 6.74. The predicted octanol–water partition coefficient (Wildman–Crippen LogP) is 6.36. The molecule has 5 atom stereocenters. The Morgan fingerprint density at radius 1 is 1.16 bits per heavy atom. The molecule has 0 aromatic carbocycles. The van der Waals surface area contributed by atoms with E-state index in [1.807, 2.05) is 13.8 Å². The minimum absolute atomic E-state index is 0.0272. The minimum Gasteiger partial charge on any atom is -0.498 e.